The van der Waals surface area contributed by atoms with Crippen molar-refractivity contribution in [2.45, 2.75) is 18.8 Å². The van der Waals surface area contributed by atoms with Gasteiger partial charge in [-0.3, -0.25) is 4.90 Å². The summed E-state index contributed by atoms with van der Waals surface area (Å²) in [5, 5.41) is 19.7. The second-order valence-corrected chi connectivity index (χ2v) is 12.1. The summed E-state index contributed by atoms with van der Waals surface area (Å²) in [7, 11) is 8.81. The van der Waals surface area contributed by atoms with Crippen LogP contribution in [0.4, 0.5) is 26.3 Å². The first kappa shape index (κ1) is 42.2. The van der Waals surface area contributed by atoms with Crippen LogP contribution in [-0.2, 0) is 27.8 Å². The van der Waals surface area contributed by atoms with Gasteiger partial charge in [0, 0.05) is 36.0 Å². The summed E-state index contributed by atoms with van der Waals surface area (Å²) in [6, 6.07) is 19.4. The van der Waals surface area contributed by atoms with Gasteiger partial charge in [-0.25, -0.2) is 9.59 Å². The molecule has 4 aromatic carbocycles. The van der Waals surface area contributed by atoms with Gasteiger partial charge >= 0.3 is 24.3 Å². The van der Waals surface area contributed by atoms with Gasteiger partial charge in [0.05, 0.1) is 57.8 Å². The molecule has 2 heterocycles. The van der Waals surface area contributed by atoms with E-state index in [9.17, 15) is 26.3 Å². The number of benzene rings is 4. The Kier molecular flexibility index (Phi) is 13.6. The number of aromatic nitrogens is 1. The average Bonchev–Trinajstić information content (AvgIpc) is 3.15. The summed E-state index contributed by atoms with van der Waals surface area (Å²) >= 11 is 0. The van der Waals surface area contributed by atoms with Crippen LogP contribution in [0.1, 0.15) is 5.56 Å². The maximum atomic E-state index is 10.6. The lowest BCUT2D eigenvalue weighted by Crippen LogP contribution is -2.37. The number of morpholine rings is 1. The van der Waals surface area contributed by atoms with Gasteiger partial charge in [0.25, 0.3) is 0 Å². The predicted molar refractivity (Wildman–Crippen MR) is 190 cm³/mol. The van der Waals surface area contributed by atoms with E-state index in [1.165, 1.54) is 5.56 Å². The molecule has 2 N–H and O–H groups in total. The van der Waals surface area contributed by atoms with Crippen LogP contribution in [-0.4, -0.2) is 101 Å². The zero-order valence-corrected chi connectivity index (χ0v) is 30.4. The Balaban J connectivity index is 0.000000410. The molecule has 1 fully saturated rings. The van der Waals surface area contributed by atoms with Gasteiger partial charge in [-0.1, -0.05) is 30.3 Å². The van der Waals surface area contributed by atoms with Crippen molar-refractivity contribution in [3.05, 3.63) is 66.4 Å². The minimum Gasteiger partial charge on any atom is -0.493 e. The molecule has 0 aliphatic carbocycles. The summed E-state index contributed by atoms with van der Waals surface area (Å²) in [5.74, 6) is -2.65. The fraction of sp³-hybridized carbons (Fsp3) is 0.342. The predicted octanol–water partition coefficient (Wildman–Crippen LogP) is 6.81. The van der Waals surface area contributed by atoms with Crippen LogP contribution in [0, 0.1) is 0 Å². The largest absolute Gasteiger partial charge is 0.493 e. The number of rotatable bonds is 8. The van der Waals surface area contributed by atoms with Crippen LogP contribution in [0.5, 0.6) is 23.0 Å². The van der Waals surface area contributed by atoms with Gasteiger partial charge in [-0.2, -0.15) is 30.9 Å². The summed E-state index contributed by atoms with van der Waals surface area (Å²) in [5.41, 5.74) is 4.54. The maximum absolute atomic E-state index is 10.6. The third kappa shape index (κ3) is 9.77. The van der Waals surface area contributed by atoms with Crippen LogP contribution in [0.15, 0.2) is 60.8 Å². The standard InChI is InChI=1S/C34H37N2O5.2C2HF3O2/c1-35-21-28-24(12-13-29(37-2)33(28)39-4)26-11-10-25-27(32(26)35)20-30(38-3)34(40-5)31(25)23-8-6-22(7-9-23)14-15-36-16-18-41-19-17-36;2*3-2(4,5)1(6)7/h6-13,20-21H,14-19H2,1-5H3;2*(H,6,7)/q+1;;. The van der Waals surface area contributed by atoms with E-state index in [1.54, 1.807) is 28.4 Å². The number of fused-ring (bicyclic) bond motifs is 5. The number of hydrogen-bond donors (Lipinski definition) is 2. The third-order valence-corrected chi connectivity index (χ3v) is 8.73. The molecule has 1 saturated heterocycles. The van der Waals surface area contributed by atoms with Crippen molar-refractivity contribution in [2.75, 3.05) is 61.3 Å². The Labute approximate surface area is 311 Å². The fourth-order valence-electron chi connectivity index (χ4n) is 6.17. The topological polar surface area (TPSA) is 128 Å². The van der Waals surface area contributed by atoms with Crippen molar-refractivity contribution in [3.63, 3.8) is 0 Å². The van der Waals surface area contributed by atoms with E-state index in [4.69, 9.17) is 43.5 Å². The van der Waals surface area contributed by atoms with Crippen molar-refractivity contribution >= 4 is 44.4 Å². The Morgan fingerprint density at radius 3 is 1.75 bits per heavy atom. The molecule has 0 atom stereocenters. The van der Waals surface area contributed by atoms with Gasteiger partial charge in [-0.15, -0.1) is 0 Å². The first-order chi connectivity index (χ1) is 26.0. The number of carboxylic acids is 2. The van der Waals surface area contributed by atoms with Crippen LogP contribution in [0.3, 0.4) is 0 Å². The Hall–Kier alpha value is -5.55. The molecule has 1 aliphatic rings. The molecule has 11 nitrogen and oxygen atoms in total. The number of carbonyl (C=O) groups is 2. The maximum Gasteiger partial charge on any atom is 0.490 e. The lowest BCUT2D eigenvalue weighted by Gasteiger charge is -2.26. The van der Waals surface area contributed by atoms with Crippen LogP contribution in [0.2, 0.25) is 0 Å². The zero-order chi connectivity index (χ0) is 40.7. The second kappa shape index (κ2) is 17.7. The highest BCUT2D eigenvalue weighted by atomic mass is 19.4. The minimum absolute atomic E-state index is 0.700. The van der Waals surface area contributed by atoms with Crippen molar-refractivity contribution in [1.29, 1.82) is 0 Å². The summed E-state index contributed by atoms with van der Waals surface area (Å²) in [6.45, 7) is 4.70. The van der Waals surface area contributed by atoms with Crippen LogP contribution >= 0.6 is 0 Å². The molecule has 0 saturated carbocycles. The number of aryl methyl sites for hydroxylation is 1. The molecule has 0 spiro atoms. The van der Waals surface area contributed by atoms with Crippen LogP contribution < -0.4 is 23.5 Å². The monoisotopic (exact) mass is 781 g/mol. The molecule has 17 heteroatoms. The molecule has 1 aromatic heterocycles. The Bertz CT molecular complexity index is 2130. The molecular weight excluding hydrogens is 742 g/mol. The lowest BCUT2D eigenvalue weighted by atomic mass is 9.93. The number of nitrogens with zero attached hydrogens (tertiary/aromatic N) is 2. The number of pyridine rings is 1. The smallest absolute Gasteiger partial charge is 0.490 e. The fourth-order valence-corrected chi connectivity index (χ4v) is 6.17. The first-order valence-electron chi connectivity index (χ1n) is 16.5. The molecule has 0 bridgehead atoms. The molecule has 0 radical (unpaired) electrons. The number of alkyl halides is 6. The number of aliphatic carboxylic acids is 2. The molecular formula is C38H39F6N2O9+. The number of methoxy groups -OCH3 is 4. The second-order valence-electron chi connectivity index (χ2n) is 12.1. The summed E-state index contributed by atoms with van der Waals surface area (Å²) < 4.78 is 94.3. The minimum atomic E-state index is -5.08. The molecule has 1 aliphatic heterocycles. The van der Waals surface area contributed by atoms with Gasteiger partial charge in [0.2, 0.25) is 5.52 Å². The van der Waals surface area contributed by atoms with E-state index < -0.39 is 24.3 Å². The van der Waals surface area contributed by atoms with E-state index in [2.05, 4.69) is 71.2 Å². The summed E-state index contributed by atoms with van der Waals surface area (Å²) in [6.07, 6.45) is -7.05. The highest BCUT2D eigenvalue weighted by Crippen LogP contribution is 2.46. The van der Waals surface area contributed by atoms with E-state index >= 15 is 0 Å². The number of halogens is 6. The Morgan fingerprint density at radius 1 is 0.709 bits per heavy atom. The molecule has 55 heavy (non-hydrogen) atoms. The SMILES string of the molecule is COc1cc2c(ccc3c4ccc(OC)c(OC)c4c[n+](C)c23)c(-c2ccc(CCN3CCOCC3)cc2)c1OC.O=C(O)C(F)(F)F.O=C(O)C(F)(F)F. The van der Waals surface area contributed by atoms with E-state index in [0.717, 1.165) is 94.3 Å². The molecule has 296 valence electrons. The zero-order valence-electron chi connectivity index (χ0n) is 30.4. The van der Waals surface area contributed by atoms with Crippen LogP contribution in [0.25, 0.3) is 43.6 Å². The highest BCUT2D eigenvalue weighted by molar-refractivity contribution is 6.18. The molecule has 5 aromatic rings. The van der Waals surface area contributed by atoms with Gasteiger partial charge in [-0.05, 0) is 41.8 Å². The quantitative estimate of drug-likeness (QED) is 0.0985. The van der Waals surface area contributed by atoms with Crippen molar-refractivity contribution in [3.8, 4) is 34.1 Å². The molecule has 0 unspecified atom stereocenters. The van der Waals surface area contributed by atoms with Crippen molar-refractivity contribution in [1.82, 2.24) is 4.90 Å². The van der Waals surface area contributed by atoms with Gasteiger partial charge in [0.15, 0.2) is 29.2 Å². The highest BCUT2D eigenvalue weighted by Gasteiger charge is 2.39. The van der Waals surface area contributed by atoms with Gasteiger partial charge < -0.3 is 33.9 Å². The van der Waals surface area contributed by atoms with E-state index in [1.807, 2.05) is 6.07 Å². The normalized spacial score (nSPS) is 13.4. The lowest BCUT2D eigenvalue weighted by molar-refractivity contribution is -0.642. The average molecular weight is 782 g/mol. The number of ether oxygens (including phenoxy) is 5. The molecule has 6 rings (SSSR count). The van der Waals surface area contributed by atoms with Gasteiger partial charge in [0.1, 0.15) is 7.05 Å². The van der Waals surface area contributed by atoms with Crippen molar-refractivity contribution in [2.24, 2.45) is 7.05 Å². The first-order valence-corrected chi connectivity index (χ1v) is 16.5. The van der Waals surface area contributed by atoms with Crippen molar-refractivity contribution < 1.29 is 74.4 Å². The molecule has 0 amide bonds. The number of carboxylic acid groups (broad SMARTS) is 2. The van der Waals surface area contributed by atoms with E-state index in [-0.39, 0.29) is 0 Å². The Morgan fingerprint density at radius 2 is 1.24 bits per heavy atom. The van der Waals surface area contributed by atoms with E-state index in [0.29, 0.717) is 11.5 Å². The summed E-state index contributed by atoms with van der Waals surface area (Å²) in [4.78, 5) is 20.3. The number of hydrogen-bond acceptors (Lipinski definition) is 8. The third-order valence-electron chi connectivity index (χ3n) is 8.73.